The standard InChI is InChI=1S/C14H22BrN/c1-11(2)16-10-14(3,4)9-12-6-5-7-13(15)8-12/h5-8,11,16H,9-10H2,1-4H3. The fraction of sp³-hybridized carbons (Fsp3) is 0.571. The Labute approximate surface area is 108 Å². The minimum atomic E-state index is 0.297. The van der Waals surface area contributed by atoms with Gasteiger partial charge in [0.15, 0.2) is 0 Å². The lowest BCUT2D eigenvalue weighted by atomic mass is 9.85. The molecule has 0 radical (unpaired) electrons. The predicted molar refractivity (Wildman–Crippen MR) is 74.8 cm³/mol. The van der Waals surface area contributed by atoms with Crippen LogP contribution in [0.5, 0.6) is 0 Å². The molecule has 1 nitrogen and oxygen atoms in total. The smallest absolute Gasteiger partial charge is 0.0177 e. The second kappa shape index (κ2) is 5.83. The van der Waals surface area contributed by atoms with Crippen LogP contribution in [0.15, 0.2) is 28.7 Å². The van der Waals surface area contributed by atoms with Gasteiger partial charge in [-0.3, -0.25) is 0 Å². The van der Waals surface area contributed by atoms with Crippen LogP contribution in [0.3, 0.4) is 0 Å². The molecule has 0 atom stereocenters. The van der Waals surface area contributed by atoms with Gasteiger partial charge in [-0.1, -0.05) is 55.8 Å². The van der Waals surface area contributed by atoms with Crippen molar-refractivity contribution in [3.05, 3.63) is 34.3 Å². The molecule has 1 aromatic rings. The average Bonchev–Trinajstić information content (AvgIpc) is 2.14. The predicted octanol–water partition coefficient (Wildman–Crippen LogP) is 4.02. The van der Waals surface area contributed by atoms with E-state index in [0.29, 0.717) is 11.5 Å². The fourth-order valence-electron chi connectivity index (χ4n) is 1.74. The van der Waals surface area contributed by atoms with Gasteiger partial charge in [-0.05, 0) is 29.5 Å². The highest BCUT2D eigenvalue weighted by molar-refractivity contribution is 9.10. The van der Waals surface area contributed by atoms with Crippen LogP contribution in [0.1, 0.15) is 33.3 Å². The molecule has 0 unspecified atom stereocenters. The number of halogens is 1. The largest absolute Gasteiger partial charge is 0.314 e. The van der Waals surface area contributed by atoms with E-state index >= 15 is 0 Å². The SMILES string of the molecule is CC(C)NCC(C)(C)Cc1cccc(Br)c1. The molecular weight excluding hydrogens is 262 g/mol. The van der Waals surface area contributed by atoms with E-state index in [0.717, 1.165) is 17.4 Å². The summed E-state index contributed by atoms with van der Waals surface area (Å²) in [6.07, 6.45) is 1.10. The Hall–Kier alpha value is -0.340. The van der Waals surface area contributed by atoms with Crippen molar-refractivity contribution in [2.45, 2.75) is 40.2 Å². The average molecular weight is 284 g/mol. The molecule has 0 fully saturated rings. The molecule has 2 heteroatoms. The minimum absolute atomic E-state index is 0.297. The van der Waals surface area contributed by atoms with Gasteiger partial charge < -0.3 is 5.32 Å². The maximum atomic E-state index is 3.52. The Bertz CT molecular complexity index is 331. The van der Waals surface area contributed by atoms with Crippen LogP contribution in [-0.2, 0) is 6.42 Å². The van der Waals surface area contributed by atoms with Gasteiger partial charge in [-0.15, -0.1) is 0 Å². The van der Waals surface area contributed by atoms with E-state index in [1.165, 1.54) is 5.56 Å². The third-order valence-corrected chi connectivity index (χ3v) is 3.05. The van der Waals surface area contributed by atoms with E-state index in [-0.39, 0.29) is 0 Å². The van der Waals surface area contributed by atoms with Crippen molar-refractivity contribution in [2.24, 2.45) is 5.41 Å². The summed E-state index contributed by atoms with van der Waals surface area (Å²) in [5.41, 5.74) is 1.69. The Morgan fingerprint density at radius 3 is 2.56 bits per heavy atom. The van der Waals surface area contributed by atoms with E-state index in [4.69, 9.17) is 0 Å². The third kappa shape index (κ3) is 5.13. The molecule has 0 aliphatic carbocycles. The molecule has 0 aromatic heterocycles. The zero-order chi connectivity index (χ0) is 12.2. The molecule has 0 saturated heterocycles. The molecule has 16 heavy (non-hydrogen) atoms. The highest BCUT2D eigenvalue weighted by Gasteiger charge is 2.18. The minimum Gasteiger partial charge on any atom is -0.314 e. The van der Waals surface area contributed by atoms with Crippen LogP contribution in [0, 0.1) is 5.41 Å². The first-order valence-corrected chi connectivity index (χ1v) is 6.66. The first-order valence-electron chi connectivity index (χ1n) is 5.87. The number of nitrogens with one attached hydrogen (secondary N) is 1. The van der Waals surface area contributed by atoms with Crippen LogP contribution in [0.25, 0.3) is 0 Å². The van der Waals surface area contributed by atoms with Gasteiger partial charge >= 0.3 is 0 Å². The molecule has 1 rings (SSSR count). The Kier molecular flexibility index (Phi) is 5.00. The summed E-state index contributed by atoms with van der Waals surface area (Å²) in [5, 5.41) is 3.51. The van der Waals surface area contributed by atoms with Crippen LogP contribution >= 0.6 is 15.9 Å². The van der Waals surface area contributed by atoms with Crippen LogP contribution in [0.4, 0.5) is 0 Å². The summed E-state index contributed by atoms with van der Waals surface area (Å²) < 4.78 is 1.16. The van der Waals surface area contributed by atoms with E-state index in [2.05, 4.69) is 73.2 Å². The summed E-state index contributed by atoms with van der Waals surface area (Å²) >= 11 is 3.52. The van der Waals surface area contributed by atoms with E-state index in [9.17, 15) is 0 Å². The molecule has 0 spiro atoms. The van der Waals surface area contributed by atoms with Crippen molar-refractivity contribution >= 4 is 15.9 Å². The first-order chi connectivity index (χ1) is 7.39. The van der Waals surface area contributed by atoms with Gasteiger partial charge in [0, 0.05) is 17.1 Å². The Morgan fingerprint density at radius 1 is 1.31 bits per heavy atom. The molecule has 0 saturated carbocycles. The van der Waals surface area contributed by atoms with Gasteiger partial charge in [-0.25, -0.2) is 0 Å². The third-order valence-electron chi connectivity index (χ3n) is 2.56. The van der Waals surface area contributed by atoms with Crippen molar-refractivity contribution in [3.63, 3.8) is 0 Å². The fourth-order valence-corrected chi connectivity index (χ4v) is 2.19. The number of benzene rings is 1. The van der Waals surface area contributed by atoms with Crippen LogP contribution < -0.4 is 5.32 Å². The van der Waals surface area contributed by atoms with Crippen molar-refractivity contribution in [3.8, 4) is 0 Å². The molecular formula is C14H22BrN. The van der Waals surface area contributed by atoms with Gasteiger partial charge in [0.1, 0.15) is 0 Å². The Morgan fingerprint density at radius 2 is 2.00 bits per heavy atom. The van der Waals surface area contributed by atoms with Crippen molar-refractivity contribution in [2.75, 3.05) is 6.54 Å². The number of rotatable bonds is 5. The second-order valence-electron chi connectivity index (χ2n) is 5.51. The Balaban J connectivity index is 2.58. The molecule has 90 valence electrons. The summed E-state index contributed by atoms with van der Waals surface area (Å²) in [6.45, 7) is 10.0. The molecule has 0 heterocycles. The van der Waals surface area contributed by atoms with E-state index in [1.807, 2.05) is 0 Å². The molecule has 1 aromatic carbocycles. The summed E-state index contributed by atoms with van der Waals surface area (Å²) in [4.78, 5) is 0. The van der Waals surface area contributed by atoms with Crippen molar-refractivity contribution in [1.82, 2.24) is 5.32 Å². The quantitative estimate of drug-likeness (QED) is 0.861. The molecule has 0 bridgehead atoms. The summed E-state index contributed by atoms with van der Waals surface area (Å²) in [5.74, 6) is 0. The highest BCUT2D eigenvalue weighted by Crippen LogP contribution is 2.23. The van der Waals surface area contributed by atoms with Gasteiger partial charge in [0.25, 0.3) is 0 Å². The maximum Gasteiger partial charge on any atom is 0.0177 e. The highest BCUT2D eigenvalue weighted by atomic mass is 79.9. The zero-order valence-electron chi connectivity index (χ0n) is 10.7. The van der Waals surface area contributed by atoms with Crippen molar-refractivity contribution < 1.29 is 0 Å². The maximum absolute atomic E-state index is 3.52. The lowest BCUT2D eigenvalue weighted by Gasteiger charge is -2.26. The van der Waals surface area contributed by atoms with E-state index in [1.54, 1.807) is 0 Å². The number of hydrogen-bond acceptors (Lipinski definition) is 1. The lowest BCUT2D eigenvalue weighted by Crippen LogP contribution is -2.35. The van der Waals surface area contributed by atoms with Gasteiger partial charge in [0.05, 0.1) is 0 Å². The summed E-state index contributed by atoms with van der Waals surface area (Å²) in [7, 11) is 0. The molecule has 1 N–H and O–H groups in total. The van der Waals surface area contributed by atoms with Gasteiger partial charge in [-0.2, -0.15) is 0 Å². The van der Waals surface area contributed by atoms with Crippen molar-refractivity contribution in [1.29, 1.82) is 0 Å². The second-order valence-corrected chi connectivity index (χ2v) is 6.42. The normalized spacial score (nSPS) is 12.1. The van der Waals surface area contributed by atoms with Crippen LogP contribution in [0.2, 0.25) is 0 Å². The molecule has 0 aliphatic rings. The van der Waals surface area contributed by atoms with E-state index < -0.39 is 0 Å². The zero-order valence-corrected chi connectivity index (χ0v) is 12.3. The molecule has 0 amide bonds. The van der Waals surface area contributed by atoms with Gasteiger partial charge in [0.2, 0.25) is 0 Å². The lowest BCUT2D eigenvalue weighted by molar-refractivity contribution is 0.326. The molecule has 0 aliphatic heterocycles. The number of hydrogen-bond donors (Lipinski definition) is 1. The summed E-state index contributed by atoms with van der Waals surface area (Å²) in [6, 6.07) is 9.13. The first kappa shape index (κ1) is 13.7. The van der Waals surface area contributed by atoms with Crippen LogP contribution in [-0.4, -0.2) is 12.6 Å². The topological polar surface area (TPSA) is 12.0 Å². The monoisotopic (exact) mass is 283 g/mol.